The van der Waals surface area contributed by atoms with Gasteiger partial charge < -0.3 is 23.7 Å². The van der Waals surface area contributed by atoms with E-state index in [-0.39, 0.29) is 13.1 Å². The SMILES string of the molecule is COc1ccc(CN(Cc2ccc(OC)cc2OC)S(=O)(=O)[C@@H](C)C(OC)c2ccc(Br)cn2)c(OC)c1. The summed E-state index contributed by atoms with van der Waals surface area (Å²) in [6.07, 6.45) is 0.814. The minimum Gasteiger partial charge on any atom is -0.497 e. The summed E-state index contributed by atoms with van der Waals surface area (Å²) >= 11 is 3.37. The molecule has 1 aromatic heterocycles. The molecule has 1 heterocycles. The fourth-order valence-corrected chi connectivity index (χ4v) is 5.99. The summed E-state index contributed by atoms with van der Waals surface area (Å²) in [6.45, 7) is 1.70. The summed E-state index contributed by atoms with van der Waals surface area (Å²) in [7, 11) is 3.70. The van der Waals surface area contributed by atoms with Crippen molar-refractivity contribution in [2.24, 2.45) is 0 Å². The van der Waals surface area contributed by atoms with Gasteiger partial charge in [-0.1, -0.05) is 12.1 Å². The van der Waals surface area contributed by atoms with Crippen molar-refractivity contribution in [2.75, 3.05) is 35.5 Å². The highest BCUT2D eigenvalue weighted by atomic mass is 79.9. The van der Waals surface area contributed by atoms with Gasteiger partial charge in [0, 0.05) is 54.1 Å². The summed E-state index contributed by atoms with van der Waals surface area (Å²) in [5.74, 6) is 2.23. The zero-order valence-electron chi connectivity index (χ0n) is 22.3. The predicted octanol–water partition coefficient (Wildman–Crippen LogP) is 4.99. The van der Waals surface area contributed by atoms with Crippen LogP contribution in [0.4, 0.5) is 0 Å². The third kappa shape index (κ3) is 6.76. The van der Waals surface area contributed by atoms with Crippen LogP contribution >= 0.6 is 15.9 Å². The van der Waals surface area contributed by atoms with E-state index in [1.165, 1.54) is 25.6 Å². The van der Waals surface area contributed by atoms with Crippen LogP contribution in [0, 0.1) is 0 Å². The largest absolute Gasteiger partial charge is 0.497 e. The smallest absolute Gasteiger partial charge is 0.220 e. The second-order valence-corrected chi connectivity index (χ2v) is 11.6. The first kappa shape index (κ1) is 29.7. The maximum atomic E-state index is 14.2. The average Bonchev–Trinajstić information content (AvgIpc) is 2.94. The van der Waals surface area contributed by atoms with Crippen LogP contribution in [0.1, 0.15) is 29.8 Å². The summed E-state index contributed by atoms with van der Waals surface area (Å²) in [5.41, 5.74) is 1.86. The standard InChI is InChI=1S/C27H33BrN2O7S/c1-18(27(37-6)24-12-9-21(28)15-29-24)38(31,32)30(16-19-7-10-22(33-2)13-25(19)35-4)17-20-8-11-23(34-3)14-26(20)36-5/h7-15,18,27H,16-17H2,1-6H3/t18-,27?/m0/s1. The normalized spacial score (nSPS) is 13.2. The van der Waals surface area contributed by atoms with Gasteiger partial charge in [0.2, 0.25) is 10.0 Å². The molecule has 1 unspecified atom stereocenters. The van der Waals surface area contributed by atoms with Crippen molar-refractivity contribution in [2.45, 2.75) is 31.4 Å². The molecule has 0 radical (unpaired) electrons. The highest BCUT2D eigenvalue weighted by molar-refractivity contribution is 9.10. The third-order valence-electron chi connectivity index (χ3n) is 6.23. The number of rotatable bonds is 13. The Kier molecular flexibility index (Phi) is 10.4. The van der Waals surface area contributed by atoms with Crippen LogP contribution in [0.5, 0.6) is 23.0 Å². The lowest BCUT2D eigenvalue weighted by molar-refractivity contribution is 0.0968. The highest BCUT2D eigenvalue weighted by Crippen LogP contribution is 2.33. The van der Waals surface area contributed by atoms with E-state index >= 15 is 0 Å². The molecule has 2 atom stereocenters. The maximum Gasteiger partial charge on any atom is 0.220 e. The molecule has 0 saturated heterocycles. The number of halogens is 1. The first-order valence-electron chi connectivity index (χ1n) is 11.7. The summed E-state index contributed by atoms with van der Waals surface area (Å²) in [6, 6.07) is 14.1. The zero-order valence-corrected chi connectivity index (χ0v) is 24.7. The Hall–Kier alpha value is -2.86. The van der Waals surface area contributed by atoms with E-state index in [0.29, 0.717) is 39.8 Å². The molecule has 9 nitrogen and oxygen atoms in total. The van der Waals surface area contributed by atoms with Crippen LogP contribution in [0.2, 0.25) is 0 Å². The maximum absolute atomic E-state index is 14.2. The number of hydrogen-bond acceptors (Lipinski definition) is 8. The minimum atomic E-state index is -3.97. The lowest BCUT2D eigenvalue weighted by Gasteiger charge is -2.30. The molecule has 2 aromatic carbocycles. The number of pyridine rings is 1. The van der Waals surface area contributed by atoms with E-state index in [2.05, 4.69) is 20.9 Å². The molecular formula is C27H33BrN2O7S. The Bertz CT molecular complexity index is 1260. The summed E-state index contributed by atoms with van der Waals surface area (Å²) in [4.78, 5) is 4.38. The molecule has 0 amide bonds. The van der Waals surface area contributed by atoms with E-state index in [4.69, 9.17) is 23.7 Å². The number of nitrogens with zero attached hydrogens (tertiary/aromatic N) is 2. The van der Waals surface area contributed by atoms with Crippen molar-refractivity contribution in [3.63, 3.8) is 0 Å². The minimum absolute atomic E-state index is 0.0409. The van der Waals surface area contributed by atoms with Crippen LogP contribution < -0.4 is 18.9 Å². The van der Waals surface area contributed by atoms with Crippen molar-refractivity contribution in [3.8, 4) is 23.0 Å². The van der Waals surface area contributed by atoms with E-state index in [1.807, 2.05) is 0 Å². The average molecular weight is 610 g/mol. The molecule has 11 heteroatoms. The fourth-order valence-electron chi connectivity index (χ4n) is 4.08. The summed E-state index contributed by atoms with van der Waals surface area (Å²) in [5, 5.41) is -0.963. The first-order valence-corrected chi connectivity index (χ1v) is 14.0. The fraction of sp³-hybridized carbons (Fsp3) is 0.370. The Balaban J connectivity index is 2.07. The van der Waals surface area contributed by atoms with Gasteiger partial charge in [-0.15, -0.1) is 0 Å². The monoisotopic (exact) mass is 608 g/mol. The molecule has 0 saturated carbocycles. The molecule has 0 N–H and O–H groups in total. The van der Waals surface area contributed by atoms with Crippen molar-refractivity contribution >= 4 is 26.0 Å². The molecule has 206 valence electrons. The number of methoxy groups -OCH3 is 5. The van der Waals surface area contributed by atoms with Crippen molar-refractivity contribution in [1.82, 2.24) is 9.29 Å². The molecule has 0 aliphatic rings. The lowest BCUT2D eigenvalue weighted by Crippen LogP contribution is -2.40. The van der Waals surface area contributed by atoms with Gasteiger partial charge in [-0.2, -0.15) is 4.31 Å². The van der Waals surface area contributed by atoms with E-state index in [9.17, 15) is 8.42 Å². The third-order valence-corrected chi connectivity index (χ3v) is 8.87. The number of aromatic nitrogens is 1. The van der Waals surface area contributed by atoms with Crippen molar-refractivity contribution in [3.05, 3.63) is 76.0 Å². The molecule has 0 bridgehead atoms. The van der Waals surface area contributed by atoms with E-state index < -0.39 is 21.4 Å². The van der Waals surface area contributed by atoms with Gasteiger partial charge in [0.25, 0.3) is 0 Å². The van der Waals surface area contributed by atoms with Gasteiger partial charge >= 0.3 is 0 Å². The number of sulfonamides is 1. The molecular weight excluding hydrogens is 576 g/mol. The highest BCUT2D eigenvalue weighted by Gasteiger charge is 2.37. The second kappa shape index (κ2) is 13.3. The molecule has 0 aliphatic carbocycles. The van der Waals surface area contributed by atoms with E-state index in [0.717, 1.165) is 4.47 Å². The van der Waals surface area contributed by atoms with Crippen molar-refractivity contribution in [1.29, 1.82) is 0 Å². The van der Waals surface area contributed by atoms with Crippen LogP contribution in [0.25, 0.3) is 0 Å². The van der Waals surface area contributed by atoms with Gasteiger partial charge in [0.15, 0.2) is 0 Å². The van der Waals surface area contributed by atoms with E-state index in [1.54, 1.807) is 75.9 Å². The molecule has 0 spiro atoms. The number of hydrogen-bond donors (Lipinski definition) is 0. The Morgan fingerprint density at radius 2 is 1.34 bits per heavy atom. The molecule has 3 aromatic rings. The van der Waals surface area contributed by atoms with Gasteiger partial charge in [0.1, 0.15) is 34.4 Å². The van der Waals surface area contributed by atoms with Gasteiger partial charge in [-0.3, -0.25) is 4.98 Å². The van der Waals surface area contributed by atoms with Gasteiger partial charge in [-0.25, -0.2) is 8.42 Å². The molecule has 0 fully saturated rings. The van der Waals surface area contributed by atoms with Gasteiger partial charge in [-0.05, 0) is 47.1 Å². The molecule has 38 heavy (non-hydrogen) atoms. The molecule has 3 rings (SSSR count). The Morgan fingerprint density at radius 1 is 0.816 bits per heavy atom. The van der Waals surface area contributed by atoms with Crippen LogP contribution in [0.3, 0.4) is 0 Å². The van der Waals surface area contributed by atoms with Crippen molar-refractivity contribution < 1.29 is 32.1 Å². The number of benzene rings is 2. The quantitative estimate of drug-likeness (QED) is 0.268. The summed E-state index contributed by atoms with van der Waals surface area (Å²) < 4.78 is 58.0. The molecule has 0 aliphatic heterocycles. The van der Waals surface area contributed by atoms with Gasteiger partial charge in [0.05, 0.1) is 34.1 Å². The first-order chi connectivity index (χ1) is 18.2. The predicted molar refractivity (Wildman–Crippen MR) is 148 cm³/mol. The topological polar surface area (TPSA) is 96.4 Å². The second-order valence-electron chi connectivity index (χ2n) is 8.43. The zero-order chi connectivity index (χ0) is 27.9. The van der Waals surface area contributed by atoms with Crippen LogP contribution in [-0.4, -0.2) is 58.5 Å². The lowest BCUT2D eigenvalue weighted by atomic mass is 10.1. The Morgan fingerprint density at radius 3 is 1.74 bits per heavy atom. The van der Waals surface area contributed by atoms with Crippen LogP contribution in [-0.2, 0) is 27.8 Å². The van der Waals surface area contributed by atoms with Crippen LogP contribution in [0.15, 0.2) is 59.2 Å². The Labute approximate surface area is 232 Å². The number of ether oxygens (including phenoxy) is 5.